The minimum atomic E-state index is -1.85. The molecule has 0 bridgehead atoms. The molecule has 0 aromatic carbocycles. The van der Waals surface area contributed by atoms with Crippen LogP contribution in [0.2, 0.25) is 0 Å². The third-order valence-corrected chi connectivity index (χ3v) is 2.21. The fourth-order valence-corrected chi connectivity index (χ4v) is 1.40. The summed E-state index contributed by atoms with van der Waals surface area (Å²) >= 11 is 0. The summed E-state index contributed by atoms with van der Waals surface area (Å²) < 4.78 is 14.0. The van der Waals surface area contributed by atoms with Gasteiger partial charge in [-0.1, -0.05) is 0 Å². The second-order valence-electron chi connectivity index (χ2n) is 3.85. The second-order valence-corrected chi connectivity index (χ2v) is 3.85. The number of carbonyl (C=O) groups excluding carboxylic acids is 3. The number of aliphatic hydroxyl groups is 1. The van der Waals surface area contributed by atoms with Gasteiger partial charge in [-0.3, -0.25) is 9.59 Å². The van der Waals surface area contributed by atoms with Crippen LogP contribution in [0.1, 0.15) is 20.3 Å². The van der Waals surface area contributed by atoms with Crippen LogP contribution in [-0.4, -0.2) is 47.9 Å². The van der Waals surface area contributed by atoms with Gasteiger partial charge in [-0.05, 0) is 0 Å². The highest BCUT2D eigenvalue weighted by Gasteiger charge is 2.49. The molecule has 1 saturated heterocycles. The van der Waals surface area contributed by atoms with Gasteiger partial charge in [0.2, 0.25) is 0 Å². The van der Waals surface area contributed by atoms with Crippen LogP contribution < -0.4 is 0 Å². The van der Waals surface area contributed by atoms with Gasteiger partial charge in [0.1, 0.15) is 19.3 Å². The van der Waals surface area contributed by atoms with Crippen LogP contribution in [0.3, 0.4) is 0 Å². The topological polar surface area (TPSA) is 99.1 Å². The first-order valence-corrected chi connectivity index (χ1v) is 5.04. The summed E-state index contributed by atoms with van der Waals surface area (Å²) in [5.41, 5.74) is -1.85. The van der Waals surface area contributed by atoms with Crippen LogP contribution >= 0.6 is 0 Å². The van der Waals surface area contributed by atoms with Crippen LogP contribution in [0.4, 0.5) is 0 Å². The van der Waals surface area contributed by atoms with Crippen LogP contribution in [0, 0.1) is 0 Å². The second kappa shape index (κ2) is 5.13. The van der Waals surface area contributed by atoms with E-state index >= 15 is 0 Å². The van der Waals surface area contributed by atoms with Crippen molar-refractivity contribution < 1.29 is 33.7 Å². The SMILES string of the molecule is CC(=O)OC[C@@H]1C[C@](O)(COC(C)=O)C(=O)O1. The average Bonchev–Trinajstić information content (AvgIpc) is 2.50. The van der Waals surface area contributed by atoms with E-state index in [0.29, 0.717) is 0 Å². The van der Waals surface area contributed by atoms with Gasteiger partial charge in [0, 0.05) is 20.3 Å². The molecule has 0 aromatic heterocycles. The number of hydrogen-bond acceptors (Lipinski definition) is 7. The van der Waals surface area contributed by atoms with Crippen molar-refractivity contribution in [2.45, 2.75) is 32.0 Å². The van der Waals surface area contributed by atoms with Crippen molar-refractivity contribution in [2.75, 3.05) is 13.2 Å². The molecule has 0 spiro atoms. The van der Waals surface area contributed by atoms with Crippen molar-refractivity contribution in [3.63, 3.8) is 0 Å². The molecule has 1 heterocycles. The van der Waals surface area contributed by atoms with Gasteiger partial charge in [-0.25, -0.2) is 4.79 Å². The Kier molecular flexibility index (Phi) is 4.06. The first-order chi connectivity index (χ1) is 7.83. The van der Waals surface area contributed by atoms with Crippen molar-refractivity contribution in [2.24, 2.45) is 0 Å². The number of cyclic esters (lactones) is 1. The van der Waals surface area contributed by atoms with E-state index in [1.54, 1.807) is 0 Å². The first-order valence-electron chi connectivity index (χ1n) is 5.04. The van der Waals surface area contributed by atoms with Gasteiger partial charge in [-0.15, -0.1) is 0 Å². The molecule has 96 valence electrons. The minimum Gasteiger partial charge on any atom is -0.462 e. The van der Waals surface area contributed by atoms with Gasteiger partial charge in [0.05, 0.1) is 0 Å². The van der Waals surface area contributed by atoms with Crippen molar-refractivity contribution in [1.82, 2.24) is 0 Å². The zero-order valence-electron chi connectivity index (χ0n) is 9.60. The Morgan fingerprint density at radius 1 is 1.41 bits per heavy atom. The molecule has 1 rings (SSSR count). The van der Waals surface area contributed by atoms with Crippen molar-refractivity contribution >= 4 is 17.9 Å². The monoisotopic (exact) mass is 246 g/mol. The van der Waals surface area contributed by atoms with Crippen molar-refractivity contribution in [1.29, 1.82) is 0 Å². The number of ether oxygens (including phenoxy) is 3. The lowest BCUT2D eigenvalue weighted by Gasteiger charge is -2.16. The van der Waals surface area contributed by atoms with Crippen molar-refractivity contribution in [3.05, 3.63) is 0 Å². The summed E-state index contributed by atoms with van der Waals surface area (Å²) in [6, 6.07) is 0. The van der Waals surface area contributed by atoms with Gasteiger partial charge in [-0.2, -0.15) is 0 Å². The molecule has 1 aliphatic rings. The van der Waals surface area contributed by atoms with Gasteiger partial charge in [0.15, 0.2) is 5.60 Å². The van der Waals surface area contributed by atoms with Crippen LogP contribution in [0.15, 0.2) is 0 Å². The lowest BCUT2D eigenvalue weighted by molar-refractivity contribution is -0.165. The molecule has 17 heavy (non-hydrogen) atoms. The Morgan fingerprint density at radius 3 is 2.53 bits per heavy atom. The van der Waals surface area contributed by atoms with E-state index in [0.717, 1.165) is 0 Å². The molecule has 0 unspecified atom stereocenters. The largest absolute Gasteiger partial charge is 0.462 e. The summed E-state index contributed by atoms with van der Waals surface area (Å²) in [5.74, 6) is -1.98. The number of carbonyl (C=O) groups is 3. The molecule has 0 aromatic rings. The molecule has 7 heteroatoms. The Balaban J connectivity index is 2.50. The predicted molar refractivity (Wildman–Crippen MR) is 52.7 cm³/mol. The highest BCUT2D eigenvalue weighted by Crippen LogP contribution is 2.26. The highest BCUT2D eigenvalue weighted by molar-refractivity contribution is 5.82. The van der Waals surface area contributed by atoms with Gasteiger partial charge >= 0.3 is 17.9 Å². The van der Waals surface area contributed by atoms with E-state index < -0.39 is 36.2 Å². The zero-order chi connectivity index (χ0) is 13.1. The number of esters is 3. The zero-order valence-corrected chi connectivity index (χ0v) is 9.60. The van der Waals surface area contributed by atoms with E-state index in [4.69, 9.17) is 4.74 Å². The van der Waals surface area contributed by atoms with Crippen LogP contribution in [0.25, 0.3) is 0 Å². The van der Waals surface area contributed by atoms with E-state index in [1.165, 1.54) is 13.8 Å². The van der Waals surface area contributed by atoms with E-state index in [1.807, 2.05) is 0 Å². The predicted octanol–water partition coefficient (Wildman–Crippen LogP) is -0.841. The highest BCUT2D eigenvalue weighted by atomic mass is 16.6. The Bertz CT molecular complexity index is 338. The fraction of sp³-hybridized carbons (Fsp3) is 0.700. The van der Waals surface area contributed by atoms with E-state index in [-0.39, 0.29) is 13.0 Å². The quantitative estimate of drug-likeness (QED) is 0.510. The molecule has 0 radical (unpaired) electrons. The van der Waals surface area contributed by atoms with E-state index in [2.05, 4.69) is 9.47 Å². The first kappa shape index (κ1) is 13.4. The molecule has 2 atom stereocenters. The normalized spacial score (nSPS) is 27.5. The molecule has 0 aliphatic carbocycles. The Labute approximate surface area is 97.6 Å². The van der Waals surface area contributed by atoms with Gasteiger partial charge in [0.25, 0.3) is 0 Å². The average molecular weight is 246 g/mol. The molecule has 7 nitrogen and oxygen atoms in total. The molecule has 1 N–H and O–H groups in total. The summed E-state index contributed by atoms with van der Waals surface area (Å²) in [7, 11) is 0. The summed E-state index contributed by atoms with van der Waals surface area (Å²) in [4.78, 5) is 32.5. The minimum absolute atomic E-state index is 0.0770. The summed E-state index contributed by atoms with van der Waals surface area (Å²) in [6.45, 7) is 1.81. The molecule has 0 saturated carbocycles. The third-order valence-electron chi connectivity index (χ3n) is 2.21. The maximum absolute atomic E-state index is 11.4. The smallest absolute Gasteiger partial charge is 0.342 e. The number of rotatable bonds is 4. The summed E-state index contributed by atoms with van der Waals surface area (Å²) in [5, 5.41) is 9.85. The van der Waals surface area contributed by atoms with E-state index in [9.17, 15) is 19.5 Å². The molecule has 1 fully saturated rings. The maximum Gasteiger partial charge on any atom is 0.342 e. The Morgan fingerprint density at radius 2 is 2.00 bits per heavy atom. The summed E-state index contributed by atoms with van der Waals surface area (Å²) in [6.07, 6.45) is -0.793. The molecular formula is C10H14O7. The standard InChI is InChI=1S/C10H14O7/c1-6(11)15-4-8-3-10(14,9(13)17-8)5-16-7(2)12/h8,14H,3-5H2,1-2H3/t8-,10-/m0/s1. The third kappa shape index (κ3) is 3.70. The number of hydrogen-bond donors (Lipinski definition) is 1. The van der Waals surface area contributed by atoms with Gasteiger partial charge < -0.3 is 19.3 Å². The fourth-order valence-electron chi connectivity index (χ4n) is 1.40. The molecule has 0 amide bonds. The lowest BCUT2D eigenvalue weighted by atomic mass is 10.0. The lowest BCUT2D eigenvalue weighted by Crippen LogP contribution is -2.40. The van der Waals surface area contributed by atoms with Crippen molar-refractivity contribution in [3.8, 4) is 0 Å². The molecule has 1 aliphatic heterocycles. The molecular weight excluding hydrogens is 232 g/mol. The maximum atomic E-state index is 11.4. The van der Waals surface area contributed by atoms with Crippen LogP contribution in [0.5, 0.6) is 0 Å². The Hall–Kier alpha value is -1.63. The van der Waals surface area contributed by atoms with Crippen LogP contribution in [-0.2, 0) is 28.6 Å².